The highest BCUT2D eigenvalue weighted by atomic mass is 16.3. The van der Waals surface area contributed by atoms with Crippen molar-refractivity contribution in [2.75, 3.05) is 0 Å². The molecule has 29 heavy (non-hydrogen) atoms. The first-order valence-corrected chi connectivity index (χ1v) is 8.94. The van der Waals surface area contributed by atoms with E-state index in [4.69, 9.17) is 11.5 Å². The Bertz CT molecular complexity index is 1210. The van der Waals surface area contributed by atoms with Gasteiger partial charge in [-0.05, 0) is 57.9 Å². The van der Waals surface area contributed by atoms with E-state index in [-0.39, 0.29) is 17.9 Å². The molecule has 2 amide bonds. The fraction of sp³-hybridized carbons (Fsp3) is 0.0435. The van der Waals surface area contributed by atoms with Crippen molar-refractivity contribution in [3.8, 4) is 11.5 Å². The molecule has 4 aromatic carbocycles. The number of carbonyl (C=O) groups is 2. The molecule has 0 unspecified atom stereocenters. The molecule has 0 saturated heterocycles. The van der Waals surface area contributed by atoms with Crippen LogP contribution >= 0.6 is 0 Å². The summed E-state index contributed by atoms with van der Waals surface area (Å²) < 4.78 is 0. The molecule has 0 radical (unpaired) electrons. The van der Waals surface area contributed by atoms with Crippen LogP contribution in [-0.4, -0.2) is 22.0 Å². The SMILES string of the molecule is NC(=O)c1ccc2c(Cc3c(O)ccc4cc(C(N)=O)ccc34)c(O)ccc2c1. The molecule has 6 N–H and O–H groups in total. The summed E-state index contributed by atoms with van der Waals surface area (Å²) in [5.74, 6) is -0.902. The summed E-state index contributed by atoms with van der Waals surface area (Å²) in [5.41, 5.74) is 12.7. The van der Waals surface area contributed by atoms with E-state index in [0.717, 1.165) is 21.5 Å². The predicted molar refractivity (Wildman–Crippen MR) is 111 cm³/mol. The highest BCUT2D eigenvalue weighted by molar-refractivity contribution is 6.00. The molecule has 6 nitrogen and oxygen atoms in total. The van der Waals surface area contributed by atoms with Crippen LogP contribution in [0.25, 0.3) is 21.5 Å². The van der Waals surface area contributed by atoms with Crippen LogP contribution in [0, 0.1) is 0 Å². The van der Waals surface area contributed by atoms with E-state index in [0.29, 0.717) is 22.3 Å². The summed E-state index contributed by atoms with van der Waals surface area (Å²) in [6.07, 6.45) is 0.248. The third-order valence-electron chi connectivity index (χ3n) is 5.14. The van der Waals surface area contributed by atoms with Crippen LogP contribution < -0.4 is 11.5 Å². The minimum atomic E-state index is -0.529. The van der Waals surface area contributed by atoms with Gasteiger partial charge in [0.1, 0.15) is 11.5 Å². The molecule has 0 bridgehead atoms. The number of primary amides is 2. The smallest absolute Gasteiger partial charge is 0.248 e. The molecule has 0 fully saturated rings. The molecule has 0 atom stereocenters. The molecule has 0 aromatic heterocycles. The molecule has 0 aliphatic heterocycles. The van der Waals surface area contributed by atoms with Crippen LogP contribution in [0.15, 0.2) is 60.7 Å². The molecule has 0 aliphatic rings. The average molecular weight is 386 g/mol. The Hall–Kier alpha value is -4.06. The van der Waals surface area contributed by atoms with Crippen molar-refractivity contribution >= 4 is 33.4 Å². The summed E-state index contributed by atoms with van der Waals surface area (Å²) in [5, 5.41) is 24.0. The van der Waals surface area contributed by atoms with Gasteiger partial charge in [0.2, 0.25) is 11.8 Å². The summed E-state index contributed by atoms with van der Waals surface area (Å²) in [7, 11) is 0. The van der Waals surface area contributed by atoms with E-state index >= 15 is 0 Å². The standard InChI is InChI=1S/C23H18N2O4/c24-22(28)14-1-5-16-12(9-14)3-7-20(26)18(16)11-19-17-6-2-15(23(25)29)10-13(17)4-8-21(19)27/h1-10,26-27H,11H2,(H2,24,28)(H2,25,29). The normalized spacial score (nSPS) is 11.0. The van der Waals surface area contributed by atoms with Gasteiger partial charge in [0.05, 0.1) is 0 Å². The van der Waals surface area contributed by atoms with E-state index in [9.17, 15) is 19.8 Å². The number of benzene rings is 4. The molecule has 4 aromatic rings. The summed E-state index contributed by atoms with van der Waals surface area (Å²) in [6.45, 7) is 0. The van der Waals surface area contributed by atoms with E-state index in [1.165, 1.54) is 0 Å². The quantitative estimate of drug-likeness (QED) is 0.429. The minimum absolute atomic E-state index is 0.0782. The van der Waals surface area contributed by atoms with Gasteiger partial charge in [-0.25, -0.2) is 0 Å². The van der Waals surface area contributed by atoms with Crippen molar-refractivity contribution in [2.45, 2.75) is 6.42 Å². The lowest BCUT2D eigenvalue weighted by Gasteiger charge is -2.14. The number of aromatic hydroxyl groups is 2. The second-order valence-corrected chi connectivity index (χ2v) is 6.90. The Labute approximate surface area is 166 Å². The molecule has 144 valence electrons. The molecule has 0 spiro atoms. The van der Waals surface area contributed by atoms with Crippen molar-refractivity contribution in [2.24, 2.45) is 11.5 Å². The Kier molecular flexibility index (Phi) is 4.31. The minimum Gasteiger partial charge on any atom is -0.508 e. The number of phenols is 2. The third kappa shape index (κ3) is 3.21. The van der Waals surface area contributed by atoms with Gasteiger partial charge in [-0.15, -0.1) is 0 Å². The maximum Gasteiger partial charge on any atom is 0.248 e. The lowest BCUT2D eigenvalue weighted by Crippen LogP contribution is -2.10. The summed E-state index contributed by atoms with van der Waals surface area (Å²) in [4.78, 5) is 22.9. The van der Waals surface area contributed by atoms with Crippen LogP contribution in [0.4, 0.5) is 0 Å². The topological polar surface area (TPSA) is 127 Å². The number of nitrogens with two attached hydrogens (primary N) is 2. The van der Waals surface area contributed by atoms with E-state index < -0.39 is 11.8 Å². The molecule has 0 aliphatic carbocycles. The third-order valence-corrected chi connectivity index (χ3v) is 5.14. The maximum atomic E-state index is 11.5. The number of hydrogen-bond acceptors (Lipinski definition) is 4. The Balaban J connectivity index is 1.89. The van der Waals surface area contributed by atoms with Gasteiger partial charge in [-0.2, -0.15) is 0 Å². The largest absolute Gasteiger partial charge is 0.508 e. The second kappa shape index (κ2) is 6.83. The number of hydrogen-bond donors (Lipinski definition) is 4. The number of phenolic OH excluding ortho intramolecular Hbond substituents is 2. The van der Waals surface area contributed by atoms with Crippen molar-refractivity contribution in [1.29, 1.82) is 0 Å². The molecule has 0 heterocycles. The van der Waals surface area contributed by atoms with E-state index in [1.807, 2.05) is 0 Å². The zero-order chi connectivity index (χ0) is 20.7. The van der Waals surface area contributed by atoms with Gasteiger partial charge < -0.3 is 21.7 Å². The lowest BCUT2D eigenvalue weighted by atomic mass is 9.92. The van der Waals surface area contributed by atoms with E-state index in [1.54, 1.807) is 60.7 Å². The van der Waals surface area contributed by atoms with Crippen molar-refractivity contribution in [3.05, 3.63) is 82.9 Å². The number of rotatable bonds is 4. The monoisotopic (exact) mass is 386 g/mol. The second-order valence-electron chi connectivity index (χ2n) is 6.90. The number of fused-ring (bicyclic) bond motifs is 2. The number of amides is 2. The zero-order valence-electron chi connectivity index (χ0n) is 15.3. The van der Waals surface area contributed by atoms with Crippen LogP contribution in [0.1, 0.15) is 31.8 Å². The molecule has 0 saturated carbocycles. The Morgan fingerprint density at radius 1 is 0.655 bits per heavy atom. The van der Waals surface area contributed by atoms with Gasteiger partial charge in [0, 0.05) is 28.7 Å². The average Bonchev–Trinajstić information content (AvgIpc) is 2.70. The van der Waals surface area contributed by atoms with Crippen LogP contribution in [0.5, 0.6) is 11.5 Å². The van der Waals surface area contributed by atoms with E-state index in [2.05, 4.69) is 0 Å². The molecular formula is C23H18N2O4. The van der Waals surface area contributed by atoms with Crippen LogP contribution in [-0.2, 0) is 6.42 Å². The molecule has 4 rings (SSSR count). The van der Waals surface area contributed by atoms with Gasteiger partial charge in [-0.1, -0.05) is 24.3 Å². The zero-order valence-corrected chi connectivity index (χ0v) is 15.3. The highest BCUT2D eigenvalue weighted by Gasteiger charge is 2.15. The Morgan fingerprint density at radius 3 is 1.45 bits per heavy atom. The predicted octanol–water partition coefficient (Wildman–Crippen LogP) is 3.19. The van der Waals surface area contributed by atoms with Crippen LogP contribution in [0.2, 0.25) is 0 Å². The van der Waals surface area contributed by atoms with Crippen molar-refractivity contribution in [1.82, 2.24) is 0 Å². The first kappa shape index (κ1) is 18.3. The van der Waals surface area contributed by atoms with Crippen LogP contribution in [0.3, 0.4) is 0 Å². The number of carbonyl (C=O) groups excluding carboxylic acids is 2. The summed E-state index contributed by atoms with van der Waals surface area (Å²) >= 11 is 0. The molecule has 6 heteroatoms. The first-order valence-electron chi connectivity index (χ1n) is 8.94. The highest BCUT2D eigenvalue weighted by Crippen LogP contribution is 2.35. The Morgan fingerprint density at radius 2 is 1.07 bits per heavy atom. The van der Waals surface area contributed by atoms with Crippen molar-refractivity contribution < 1.29 is 19.8 Å². The molecular weight excluding hydrogens is 368 g/mol. The van der Waals surface area contributed by atoms with Gasteiger partial charge in [-0.3, -0.25) is 9.59 Å². The fourth-order valence-electron chi connectivity index (χ4n) is 3.62. The van der Waals surface area contributed by atoms with Crippen molar-refractivity contribution in [3.63, 3.8) is 0 Å². The lowest BCUT2D eigenvalue weighted by molar-refractivity contribution is 0.0992. The van der Waals surface area contributed by atoms with Gasteiger partial charge >= 0.3 is 0 Å². The maximum absolute atomic E-state index is 11.5. The van der Waals surface area contributed by atoms with Gasteiger partial charge in [0.15, 0.2) is 0 Å². The first-order chi connectivity index (χ1) is 13.8. The van der Waals surface area contributed by atoms with Gasteiger partial charge in [0.25, 0.3) is 0 Å². The fourth-order valence-corrected chi connectivity index (χ4v) is 3.62. The summed E-state index contributed by atoms with van der Waals surface area (Å²) in [6, 6.07) is 16.5.